The van der Waals surface area contributed by atoms with E-state index in [4.69, 9.17) is 11.6 Å². The van der Waals surface area contributed by atoms with Gasteiger partial charge in [0.05, 0.1) is 10.7 Å². The zero-order valence-corrected chi connectivity index (χ0v) is 9.53. The first-order valence-electron chi connectivity index (χ1n) is 5.13. The van der Waals surface area contributed by atoms with Gasteiger partial charge >= 0.3 is 0 Å². The van der Waals surface area contributed by atoms with Crippen LogP contribution in [-0.2, 0) is 0 Å². The molecule has 0 bridgehead atoms. The van der Waals surface area contributed by atoms with Gasteiger partial charge in [-0.05, 0) is 30.3 Å². The minimum absolute atomic E-state index is 0.345. The van der Waals surface area contributed by atoms with Crippen LogP contribution < -0.4 is 0 Å². The number of hydrogen-bond acceptors (Lipinski definition) is 1. The second-order valence-electron chi connectivity index (χ2n) is 3.72. The molecule has 0 N–H and O–H groups in total. The lowest BCUT2D eigenvalue weighted by Gasteiger charge is -1.99. The van der Waals surface area contributed by atoms with E-state index in [0.29, 0.717) is 5.02 Å². The first-order valence-corrected chi connectivity index (χ1v) is 5.51. The molecule has 0 saturated carbocycles. The zero-order valence-electron chi connectivity index (χ0n) is 8.77. The fourth-order valence-corrected chi connectivity index (χ4v) is 2.03. The molecule has 0 radical (unpaired) electrons. The van der Waals surface area contributed by atoms with Crippen molar-refractivity contribution in [2.45, 2.75) is 0 Å². The normalized spacial score (nSPS) is 10.9. The molecule has 2 aromatic heterocycles. The van der Waals surface area contributed by atoms with Crippen LogP contribution in [-0.4, -0.2) is 9.38 Å². The van der Waals surface area contributed by atoms with Crippen LogP contribution in [0.4, 0.5) is 4.39 Å². The van der Waals surface area contributed by atoms with E-state index < -0.39 is 0 Å². The lowest BCUT2D eigenvalue weighted by atomic mass is 10.2. The molecule has 17 heavy (non-hydrogen) atoms. The highest BCUT2D eigenvalue weighted by Gasteiger charge is 2.08. The summed E-state index contributed by atoms with van der Waals surface area (Å²) in [5.41, 5.74) is 2.31. The van der Waals surface area contributed by atoms with E-state index in [9.17, 15) is 4.39 Å². The molecule has 4 heteroatoms. The highest BCUT2D eigenvalue weighted by atomic mass is 35.5. The second-order valence-corrected chi connectivity index (χ2v) is 4.12. The van der Waals surface area contributed by atoms with Gasteiger partial charge in [-0.15, -0.1) is 0 Å². The van der Waals surface area contributed by atoms with Crippen molar-refractivity contribution < 1.29 is 4.39 Å². The first-order chi connectivity index (χ1) is 8.24. The molecule has 0 unspecified atom stereocenters. The molecule has 0 spiro atoms. The predicted octanol–water partition coefficient (Wildman–Crippen LogP) is 3.79. The largest absolute Gasteiger partial charge is 0.306 e. The van der Waals surface area contributed by atoms with Crippen molar-refractivity contribution >= 4 is 17.2 Å². The molecular formula is C13H8ClFN2. The summed E-state index contributed by atoms with van der Waals surface area (Å²) in [6.45, 7) is 0. The monoisotopic (exact) mass is 246 g/mol. The Balaban J connectivity index is 2.20. The number of imidazole rings is 1. The lowest BCUT2D eigenvalue weighted by molar-refractivity contribution is 0.628. The van der Waals surface area contributed by atoms with E-state index >= 15 is 0 Å². The first kappa shape index (κ1) is 10.3. The Kier molecular flexibility index (Phi) is 2.34. The number of hydrogen-bond donors (Lipinski definition) is 0. The van der Waals surface area contributed by atoms with Gasteiger partial charge in [-0.3, -0.25) is 0 Å². The van der Waals surface area contributed by atoms with Crippen LogP contribution in [0.3, 0.4) is 0 Å². The fraction of sp³-hybridized carbons (Fsp3) is 0. The van der Waals surface area contributed by atoms with E-state index in [1.165, 1.54) is 12.1 Å². The highest BCUT2D eigenvalue weighted by molar-refractivity contribution is 6.33. The number of nitrogens with zero attached hydrogens (tertiary/aromatic N) is 2. The van der Waals surface area contributed by atoms with E-state index in [1.807, 2.05) is 35.0 Å². The van der Waals surface area contributed by atoms with Crippen molar-refractivity contribution in [3.05, 3.63) is 59.6 Å². The van der Waals surface area contributed by atoms with Crippen LogP contribution >= 0.6 is 11.6 Å². The molecule has 2 heterocycles. The van der Waals surface area contributed by atoms with Crippen LogP contribution in [0.2, 0.25) is 5.02 Å². The second kappa shape index (κ2) is 3.86. The van der Waals surface area contributed by atoms with Gasteiger partial charge < -0.3 is 4.40 Å². The van der Waals surface area contributed by atoms with Gasteiger partial charge in [0.2, 0.25) is 0 Å². The molecule has 0 fully saturated rings. The van der Waals surface area contributed by atoms with E-state index in [2.05, 4.69) is 4.98 Å². The SMILES string of the molecule is Fc1ccc(-c2cn3ccccc3n2)c(Cl)c1. The average molecular weight is 247 g/mol. The van der Waals surface area contributed by atoms with Crippen LogP contribution in [0.15, 0.2) is 48.8 Å². The number of halogens is 2. The molecule has 0 aliphatic heterocycles. The third-order valence-electron chi connectivity index (χ3n) is 2.57. The van der Waals surface area contributed by atoms with Crippen LogP contribution in [0.5, 0.6) is 0 Å². The summed E-state index contributed by atoms with van der Waals surface area (Å²) in [5.74, 6) is -0.345. The minimum Gasteiger partial charge on any atom is -0.306 e. The van der Waals surface area contributed by atoms with Crippen molar-refractivity contribution in [3.63, 3.8) is 0 Å². The Morgan fingerprint density at radius 2 is 2.06 bits per heavy atom. The van der Waals surface area contributed by atoms with Gasteiger partial charge in [0.1, 0.15) is 11.5 Å². The Labute approximate surface area is 102 Å². The van der Waals surface area contributed by atoms with Crippen molar-refractivity contribution in [1.82, 2.24) is 9.38 Å². The minimum atomic E-state index is -0.345. The maximum absolute atomic E-state index is 13.0. The lowest BCUT2D eigenvalue weighted by Crippen LogP contribution is -1.81. The quantitative estimate of drug-likeness (QED) is 0.639. The number of benzene rings is 1. The summed E-state index contributed by atoms with van der Waals surface area (Å²) in [4.78, 5) is 4.43. The van der Waals surface area contributed by atoms with Crippen molar-refractivity contribution in [2.75, 3.05) is 0 Å². The Morgan fingerprint density at radius 3 is 2.82 bits per heavy atom. The van der Waals surface area contributed by atoms with Gasteiger partial charge in [-0.1, -0.05) is 17.7 Å². The topological polar surface area (TPSA) is 17.3 Å². The molecule has 1 aromatic carbocycles. The Hall–Kier alpha value is -1.87. The number of pyridine rings is 1. The number of aromatic nitrogens is 2. The van der Waals surface area contributed by atoms with Gasteiger partial charge in [0, 0.05) is 18.0 Å². The van der Waals surface area contributed by atoms with Crippen molar-refractivity contribution in [2.24, 2.45) is 0 Å². The standard InChI is InChI=1S/C13H8ClFN2/c14-11-7-9(15)4-5-10(11)12-8-17-6-2-1-3-13(17)16-12/h1-8H. The summed E-state index contributed by atoms with van der Waals surface area (Å²) in [5, 5.41) is 0.369. The van der Waals surface area contributed by atoms with E-state index in [1.54, 1.807) is 6.07 Å². The molecule has 0 atom stereocenters. The fourth-order valence-electron chi connectivity index (χ4n) is 1.76. The summed E-state index contributed by atoms with van der Waals surface area (Å²) in [6.07, 6.45) is 3.78. The third-order valence-corrected chi connectivity index (χ3v) is 2.88. The van der Waals surface area contributed by atoms with Crippen LogP contribution in [0.1, 0.15) is 0 Å². The average Bonchev–Trinajstić information content (AvgIpc) is 2.72. The van der Waals surface area contributed by atoms with E-state index in [-0.39, 0.29) is 5.82 Å². The van der Waals surface area contributed by atoms with Crippen molar-refractivity contribution in [3.8, 4) is 11.3 Å². The van der Waals surface area contributed by atoms with Crippen LogP contribution in [0.25, 0.3) is 16.9 Å². The summed E-state index contributed by atoms with van der Waals surface area (Å²) < 4.78 is 14.9. The van der Waals surface area contributed by atoms with Crippen LogP contribution in [0, 0.1) is 5.82 Å². The Morgan fingerprint density at radius 1 is 1.18 bits per heavy atom. The molecule has 3 rings (SSSR count). The zero-order chi connectivity index (χ0) is 11.8. The molecular weight excluding hydrogens is 239 g/mol. The van der Waals surface area contributed by atoms with Gasteiger partial charge in [0.25, 0.3) is 0 Å². The number of rotatable bonds is 1. The van der Waals surface area contributed by atoms with Gasteiger partial charge in [-0.2, -0.15) is 0 Å². The molecule has 0 saturated heterocycles. The molecule has 3 aromatic rings. The summed E-state index contributed by atoms with van der Waals surface area (Å²) in [6, 6.07) is 10.1. The highest BCUT2D eigenvalue weighted by Crippen LogP contribution is 2.27. The summed E-state index contributed by atoms with van der Waals surface area (Å²) in [7, 11) is 0. The van der Waals surface area contributed by atoms with Gasteiger partial charge in [-0.25, -0.2) is 9.37 Å². The number of fused-ring (bicyclic) bond motifs is 1. The maximum atomic E-state index is 13.0. The van der Waals surface area contributed by atoms with E-state index in [0.717, 1.165) is 16.9 Å². The smallest absolute Gasteiger partial charge is 0.137 e. The predicted molar refractivity (Wildman–Crippen MR) is 65.6 cm³/mol. The molecule has 0 aliphatic rings. The van der Waals surface area contributed by atoms with Crippen molar-refractivity contribution in [1.29, 1.82) is 0 Å². The Bertz CT molecular complexity index is 658. The molecule has 0 amide bonds. The van der Waals surface area contributed by atoms with Gasteiger partial charge in [0.15, 0.2) is 0 Å². The molecule has 84 valence electrons. The summed E-state index contributed by atoms with van der Waals surface area (Å²) >= 11 is 6.00. The molecule has 0 aliphatic carbocycles. The molecule has 2 nitrogen and oxygen atoms in total. The maximum Gasteiger partial charge on any atom is 0.137 e. The third kappa shape index (κ3) is 1.78.